The van der Waals surface area contributed by atoms with Gasteiger partial charge in [-0.2, -0.15) is 5.10 Å². The maximum absolute atomic E-state index is 13.9. The third kappa shape index (κ3) is 6.91. The summed E-state index contributed by atoms with van der Waals surface area (Å²) < 4.78 is 25.8. The molecular weight excluding hydrogens is 528 g/mol. The first-order chi connectivity index (χ1) is 15.3. The summed E-state index contributed by atoms with van der Waals surface area (Å²) in [7, 11) is 1.55. The van der Waals surface area contributed by atoms with Gasteiger partial charge in [0.05, 0.1) is 29.1 Å². The molecule has 2 rings (SSSR count). The molecule has 32 heavy (non-hydrogen) atoms. The molecule has 0 aliphatic rings. The Labute approximate surface area is 200 Å². The quantitative estimate of drug-likeness (QED) is 0.262. The van der Waals surface area contributed by atoms with E-state index in [2.05, 4.69) is 38.4 Å². The minimum atomic E-state index is -0.890. The van der Waals surface area contributed by atoms with Gasteiger partial charge in [0.15, 0.2) is 11.5 Å². The highest BCUT2D eigenvalue weighted by Gasteiger charge is 2.25. The minimum absolute atomic E-state index is 0.124. The Bertz CT molecular complexity index is 982. The normalized spacial score (nSPS) is 12.0. The molecule has 1 atom stereocenters. The van der Waals surface area contributed by atoms with E-state index in [1.54, 1.807) is 33.1 Å². The van der Waals surface area contributed by atoms with Crippen molar-refractivity contribution in [2.75, 3.05) is 13.7 Å². The van der Waals surface area contributed by atoms with Crippen LogP contribution < -0.4 is 20.2 Å². The number of carbonyl (C=O) groups excluding carboxylic acids is 2. The Morgan fingerprint density at radius 1 is 1.25 bits per heavy atom. The molecule has 2 N–H and O–H groups in total. The first kappa shape index (κ1) is 25.6. The first-order valence-electron chi connectivity index (χ1n) is 10.2. The van der Waals surface area contributed by atoms with Crippen LogP contribution in [-0.4, -0.2) is 37.8 Å². The maximum Gasteiger partial charge on any atom is 0.262 e. The molecule has 0 aromatic heterocycles. The lowest BCUT2D eigenvalue weighted by Gasteiger charge is -2.20. The van der Waals surface area contributed by atoms with Crippen LogP contribution in [-0.2, 0) is 4.79 Å². The molecule has 0 heterocycles. The molecule has 9 heteroatoms. The number of nitrogens with zero attached hydrogens (tertiary/aromatic N) is 1. The number of hydrogen-bond acceptors (Lipinski definition) is 5. The largest absolute Gasteiger partial charge is 0.493 e. The number of ether oxygens (including phenoxy) is 2. The Morgan fingerprint density at radius 2 is 1.97 bits per heavy atom. The van der Waals surface area contributed by atoms with E-state index in [-0.39, 0.29) is 11.5 Å². The second-order valence-corrected chi connectivity index (χ2v) is 8.45. The minimum Gasteiger partial charge on any atom is -0.493 e. The summed E-state index contributed by atoms with van der Waals surface area (Å²) in [4.78, 5) is 25.0. The highest BCUT2D eigenvalue weighted by atomic mass is 127. The molecule has 0 saturated carbocycles. The summed E-state index contributed by atoms with van der Waals surface area (Å²) in [6, 6.07) is 8.32. The lowest BCUT2D eigenvalue weighted by atomic mass is 10.0. The van der Waals surface area contributed by atoms with Crippen LogP contribution in [0.2, 0.25) is 0 Å². The van der Waals surface area contributed by atoms with E-state index in [0.717, 1.165) is 9.99 Å². The molecule has 2 aromatic rings. The Balaban J connectivity index is 2.09. The van der Waals surface area contributed by atoms with Crippen molar-refractivity contribution in [3.05, 3.63) is 56.9 Å². The Morgan fingerprint density at radius 3 is 2.59 bits per heavy atom. The van der Waals surface area contributed by atoms with Gasteiger partial charge in [0.2, 0.25) is 0 Å². The number of halogens is 2. The van der Waals surface area contributed by atoms with Crippen molar-refractivity contribution in [2.45, 2.75) is 33.2 Å². The summed E-state index contributed by atoms with van der Waals surface area (Å²) in [5, 5.41) is 6.57. The third-order valence-electron chi connectivity index (χ3n) is 4.44. The molecule has 0 saturated heterocycles. The van der Waals surface area contributed by atoms with Gasteiger partial charge in [-0.1, -0.05) is 32.9 Å². The highest BCUT2D eigenvalue weighted by Crippen LogP contribution is 2.33. The van der Waals surface area contributed by atoms with Gasteiger partial charge >= 0.3 is 0 Å². The van der Waals surface area contributed by atoms with Gasteiger partial charge in [-0.05, 0) is 64.8 Å². The lowest BCUT2D eigenvalue weighted by molar-refractivity contribution is -0.123. The van der Waals surface area contributed by atoms with Crippen molar-refractivity contribution in [1.82, 2.24) is 10.7 Å². The smallest absolute Gasteiger partial charge is 0.262 e. The van der Waals surface area contributed by atoms with Crippen molar-refractivity contribution < 1.29 is 23.5 Å². The van der Waals surface area contributed by atoms with Crippen LogP contribution in [0.15, 0.2) is 41.5 Å². The molecule has 0 fully saturated rings. The van der Waals surface area contributed by atoms with Crippen LogP contribution in [0.25, 0.3) is 0 Å². The lowest BCUT2D eigenvalue weighted by Crippen LogP contribution is -2.48. The fourth-order valence-corrected chi connectivity index (χ4v) is 3.58. The van der Waals surface area contributed by atoms with E-state index in [0.29, 0.717) is 23.7 Å². The maximum atomic E-state index is 13.9. The van der Waals surface area contributed by atoms with Gasteiger partial charge in [-0.15, -0.1) is 0 Å². The number of hydrazone groups is 1. The molecule has 7 nitrogen and oxygen atoms in total. The Kier molecular flexibility index (Phi) is 9.89. The standard InChI is InChI=1S/C23H27FIN3O4/c1-5-10-32-21-18(25)11-15(12-19(21)31-4)13-26-28-23(30)20(14(2)3)27-22(29)16-8-6-7-9-17(16)24/h6-9,11-14,20H,5,10H2,1-4H3,(H,27,29)(H,28,30). The monoisotopic (exact) mass is 555 g/mol. The molecule has 0 aliphatic carbocycles. The van der Waals surface area contributed by atoms with Crippen molar-refractivity contribution in [3.63, 3.8) is 0 Å². The van der Waals surface area contributed by atoms with Crippen molar-refractivity contribution in [1.29, 1.82) is 0 Å². The molecule has 2 amide bonds. The molecule has 0 radical (unpaired) electrons. The third-order valence-corrected chi connectivity index (χ3v) is 5.25. The van der Waals surface area contributed by atoms with Gasteiger partial charge in [-0.3, -0.25) is 9.59 Å². The van der Waals surface area contributed by atoms with Crippen LogP contribution >= 0.6 is 22.6 Å². The van der Waals surface area contributed by atoms with Crippen molar-refractivity contribution >= 4 is 40.6 Å². The summed E-state index contributed by atoms with van der Waals surface area (Å²) in [6.45, 7) is 6.15. The van der Waals surface area contributed by atoms with Gasteiger partial charge < -0.3 is 14.8 Å². The molecule has 0 bridgehead atoms. The SMILES string of the molecule is CCCOc1c(I)cc(C=NNC(=O)C(NC(=O)c2ccccc2F)C(C)C)cc1OC. The van der Waals surface area contributed by atoms with Gasteiger partial charge in [-0.25, -0.2) is 9.82 Å². The zero-order chi connectivity index (χ0) is 23.7. The van der Waals surface area contributed by atoms with Crippen LogP contribution in [0.4, 0.5) is 4.39 Å². The molecule has 172 valence electrons. The van der Waals surface area contributed by atoms with E-state index in [1.807, 2.05) is 13.0 Å². The molecule has 0 aliphatic heterocycles. The summed E-state index contributed by atoms with van der Waals surface area (Å²) >= 11 is 2.15. The number of hydrogen-bond donors (Lipinski definition) is 2. The zero-order valence-electron chi connectivity index (χ0n) is 18.4. The number of rotatable bonds is 10. The van der Waals surface area contributed by atoms with E-state index in [1.165, 1.54) is 24.4 Å². The number of carbonyl (C=O) groups is 2. The fourth-order valence-electron chi connectivity index (χ4n) is 2.80. The average Bonchev–Trinajstić information content (AvgIpc) is 2.76. The zero-order valence-corrected chi connectivity index (χ0v) is 20.6. The number of methoxy groups -OCH3 is 1. The molecule has 1 unspecified atom stereocenters. The predicted octanol–water partition coefficient (Wildman–Crippen LogP) is 4.13. The molecule has 0 spiro atoms. The summed E-state index contributed by atoms with van der Waals surface area (Å²) in [6.07, 6.45) is 2.35. The second-order valence-electron chi connectivity index (χ2n) is 7.29. The van der Waals surface area contributed by atoms with E-state index < -0.39 is 23.7 Å². The number of amides is 2. The summed E-state index contributed by atoms with van der Waals surface area (Å²) in [5.74, 6) is -0.839. The van der Waals surface area contributed by atoms with E-state index >= 15 is 0 Å². The first-order valence-corrected chi connectivity index (χ1v) is 11.2. The highest BCUT2D eigenvalue weighted by molar-refractivity contribution is 14.1. The Hall–Kier alpha value is -2.69. The molecule has 2 aromatic carbocycles. The van der Waals surface area contributed by atoms with Crippen LogP contribution in [0.1, 0.15) is 43.1 Å². The van der Waals surface area contributed by atoms with Gasteiger partial charge in [0.25, 0.3) is 11.8 Å². The average molecular weight is 555 g/mol. The number of nitrogens with one attached hydrogen (secondary N) is 2. The van der Waals surface area contributed by atoms with E-state index in [4.69, 9.17) is 9.47 Å². The van der Waals surface area contributed by atoms with Gasteiger partial charge in [0.1, 0.15) is 11.9 Å². The van der Waals surface area contributed by atoms with Crippen LogP contribution in [0, 0.1) is 15.3 Å². The van der Waals surface area contributed by atoms with Crippen molar-refractivity contribution in [3.8, 4) is 11.5 Å². The van der Waals surface area contributed by atoms with E-state index in [9.17, 15) is 14.0 Å². The molecular formula is C23H27FIN3O4. The topological polar surface area (TPSA) is 89.0 Å². The second kappa shape index (κ2) is 12.4. The van der Waals surface area contributed by atoms with Crippen molar-refractivity contribution in [2.24, 2.45) is 11.0 Å². The summed E-state index contributed by atoms with van der Waals surface area (Å²) in [5.41, 5.74) is 3.01. The predicted molar refractivity (Wildman–Crippen MR) is 130 cm³/mol. The van der Waals surface area contributed by atoms with Gasteiger partial charge in [0, 0.05) is 0 Å². The number of benzene rings is 2. The van der Waals surface area contributed by atoms with Crippen LogP contribution in [0.5, 0.6) is 11.5 Å². The fraction of sp³-hybridized carbons (Fsp3) is 0.348. The van der Waals surface area contributed by atoms with Crippen LogP contribution in [0.3, 0.4) is 0 Å².